The SMILES string of the molecule is c1cc(-c2ccc3oc4nc(-c5cc6ccccc6c6ccccc56)cnc4c3c2)cc(-c2cccc3c2sc2ccccc23)c1. The van der Waals surface area contributed by atoms with Crippen LogP contribution in [0, 0.1) is 0 Å². The van der Waals surface area contributed by atoms with E-state index in [2.05, 4.69) is 133 Å². The van der Waals surface area contributed by atoms with Gasteiger partial charge in [0.25, 0.3) is 0 Å². The maximum absolute atomic E-state index is 6.30. The first-order valence-corrected chi connectivity index (χ1v) is 16.2. The van der Waals surface area contributed by atoms with Crippen molar-refractivity contribution in [1.82, 2.24) is 9.97 Å². The average Bonchev–Trinajstić information content (AvgIpc) is 3.69. The topological polar surface area (TPSA) is 38.9 Å². The molecular weight excluding hydrogens is 581 g/mol. The van der Waals surface area contributed by atoms with Crippen LogP contribution in [0.2, 0.25) is 0 Å². The third-order valence-corrected chi connectivity index (χ3v) is 10.4. The number of fused-ring (bicyclic) bond motifs is 9. The molecule has 10 rings (SSSR count). The van der Waals surface area contributed by atoms with Gasteiger partial charge < -0.3 is 4.42 Å². The van der Waals surface area contributed by atoms with Crippen LogP contribution in [0.15, 0.2) is 150 Å². The van der Waals surface area contributed by atoms with Gasteiger partial charge in [0.05, 0.1) is 11.9 Å². The number of thiophene rings is 1. The van der Waals surface area contributed by atoms with Gasteiger partial charge in [-0.1, -0.05) is 109 Å². The Kier molecular flexibility index (Phi) is 5.45. The normalized spacial score (nSPS) is 11.9. The maximum Gasteiger partial charge on any atom is 0.246 e. The summed E-state index contributed by atoms with van der Waals surface area (Å²) in [5.74, 6) is 0. The molecule has 0 unspecified atom stereocenters. The highest BCUT2D eigenvalue weighted by Crippen LogP contribution is 2.41. The monoisotopic (exact) mass is 604 g/mol. The van der Waals surface area contributed by atoms with Crippen molar-refractivity contribution in [2.75, 3.05) is 0 Å². The number of nitrogens with zero attached hydrogens (tertiary/aromatic N) is 2. The van der Waals surface area contributed by atoms with Gasteiger partial charge in [0.2, 0.25) is 5.71 Å². The molecule has 4 heteroatoms. The van der Waals surface area contributed by atoms with E-state index in [1.54, 1.807) is 0 Å². The fourth-order valence-corrected chi connectivity index (χ4v) is 8.19. The van der Waals surface area contributed by atoms with Gasteiger partial charge in [-0.15, -0.1) is 11.3 Å². The molecule has 0 bridgehead atoms. The third kappa shape index (κ3) is 3.84. The minimum atomic E-state index is 0.548. The van der Waals surface area contributed by atoms with Gasteiger partial charge in [-0.2, -0.15) is 0 Å². The first-order valence-electron chi connectivity index (χ1n) is 15.4. The first kappa shape index (κ1) is 25.5. The zero-order valence-corrected chi connectivity index (χ0v) is 25.4. The number of rotatable bonds is 3. The first-order chi connectivity index (χ1) is 22.8. The lowest BCUT2D eigenvalue weighted by Crippen LogP contribution is -1.89. The van der Waals surface area contributed by atoms with Crippen LogP contribution < -0.4 is 0 Å². The van der Waals surface area contributed by atoms with E-state index in [9.17, 15) is 0 Å². The molecule has 46 heavy (non-hydrogen) atoms. The molecule has 0 fully saturated rings. The highest BCUT2D eigenvalue weighted by atomic mass is 32.1. The summed E-state index contributed by atoms with van der Waals surface area (Å²) >= 11 is 1.86. The molecule has 7 aromatic carbocycles. The fraction of sp³-hybridized carbons (Fsp3) is 0. The number of furan rings is 1. The summed E-state index contributed by atoms with van der Waals surface area (Å²) in [6.07, 6.45) is 1.88. The Labute approximate surface area is 268 Å². The molecule has 3 nitrogen and oxygen atoms in total. The van der Waals surface area contributed by atoms with E-state index >= 15 is 0 Å². The Morgan fingerprint density at radius 1 is 0.500 bits per heavy atom. The van der Waals surface area contributed by atoms with Crippen molar-refractivity contribution in [3.05, 3.63) is 146 Å². The van der Waals surface area contributed by atoms with Gasteiger partial charge in [0.1, 0.15) is 11.1 Å². The van der Waals surface area contributed by atoms with E-state index in [1.807, 2.05) is 23.6 Å². The molecular formula is C42H24N2OS. The minimum absolute atomic E-state index is 0.548. The molecule has 3 aromatic heterocycles. The number of aromatic nitrogens is 2. The summed E-state index contributed by atoms with van der Waals surface area (Å²) in [6, 6.07) is 49.6. The molecule has 0 spiro atoms. The lowest BCUT2D eigenvalue weighted by Gasteiger charge is -2.10. The average molecular weight is 605 g/mol. The van der Waals surface area contributed by atoms with E-state index in [4.69, 9.17) is 14.4 Å². The van der Waals surface area contributed by atoms with Crippen LogP contribution in [-0.4, -0.2) is 9.97 Å². The molecule has 10 aromatic rings. The molecule has 0 N–H and O–H groups in total. The summed E-state index contributed by atoms with van der Waals surface area (Å²) in [7, 11) is 0. The van der Waals surface area contributed by atoms with Gasteiger partial charge >= 0.3 is 0 Å². The van der Waals surface area contributed by atoms with E-state index in [1.165, 1.54) is 47.5 Å². The molecule has 0 amide bonds. The molecule has 3 heterocycles. The highest BCUT2D eigenvalue weighted by Gasteiger charge is 2.16. The van der Waals surface area contributed by atoms with E-state index in [0.29, 0.717) is 5.71 Å². The van der Waals surface area contributed by atoms with Crippen LogP contribution in [-0.2, 0) is 0 Å². The van der Waals surface area contributed by atoms with E-state index in [-0.39, 0.29) is 0 Å². The van der Waals surface area contributed by atoms with Crippen molar-refractivity contribution in [2.45, 2.75) is 0 Å². The highest BCUT2D eigenvalue weighted by molar-refractivity contribution is 7.26. The summed E-state index contributed by atoms with van der Waals surface area (Å²) in [5, 5.41) is 8.36. The smallest absolute Gasteiger partial charge is 0.246 e. The standard InChI is InChI=1S/C42H24N2OS/c1-2-12-29-28(9-1)23-35(32-14-4-3-13-31(29)32)37-24-43-40-36-22-26(19-20-38(36)45-42(40)44-37)25-10-7-11-27(21-25)30-16-8-17-34-33-15-5-6-18-39(33)46-41(30)34/h1-24H. The summed E-state index contributed by atoms with van der Waals surface area (Å²) in [4.78, 5) is 9.95. The fourth-order valence-electron chi connectivity index (χ4n) is 6.95. The second-order valence-electron chi connectivity index (χ2n) is 11.8. The van der Waals surface area contributed by atoms with Crippen molar-refractivity contribution in [2.24, 2.45) is 0 Å². The molecule has 0 atom stereocenters. The lowest BCUT2D eigenvalue weighted by molar-refractivity contribution is 0.653. The second-order valence-corrected chi connectivity index (χ2v) is 12.8. The van der Waals surface area contributed by atoms with Gasteiger partial charge in [-0.25, -0.2) is 9.97 Å². The number of hydrogen-bond acceptors (Lipinski definition) is 4. The predicted octanol–water partition coefficient (Wildman–Crippen LogP) is 12.1. The molecule has 0 radical (unpaired) electrons. The van der Waals surface area contributed by atoms with Crippen LogP contribution in [0.3, 0.4) is 0 Å². The van der Waals surface area contributed by atoms with Crippen LogP contribution in [0.1, 0.15) is 0 Å². The zero-order chi connectivity index (χ0) is 30.2. The molecule has 0 saturated carbocycles. The summed E-state index contributed by atoms with van der Waals surface area (Å²) < 4.78 is 8.94. The van der Waals surface area contributed by atoms with Crippen LogP contribution in [0.4, 0.5) is 0 Å². The summed E-state index contributed by atoms with van der Waals surface area (Å²) in [5.41, 5.74) is 8.70. The maximum atomic E-state index is 6.30. The van der Waals surface area contributed by atoms with Gasteiger partial charge in [0.15, 0.2) is 0 Å². The van der Waals surface area contributed by atoms with E-state index in [0.717, 1.165) is 44.3 Å². The number of hydrogen-bond donors (Lipinski definition) is 0. The van der Waals surface area contributed by atoms with Crippen LogP contribution in [0.5, 0.6) is 0 Å². The lowest BCUT2D eigenvalue weighted by atomic mass is 9.96. The molecule has 214 valence electrons. The molecule has 0 saturated heterocycles. The predicted molar refractivity (Wildman–Crippen MR) is 194 cm³/mol. The quantitative estimate of drug-likeness (QED) is 0.188. The number of benzene rings is 7. The van der Waals surface area contributed by atoms with Crippen molar-refractivity contribution < 1.29 is 4.42 Å². The Hall–Kier alpha value is -5.84. The minimum Gasteiger partial charge on any atom is -0.436 e. The van der Waals surface area contributed by atoms with Gasteiger partial charge in [-0.05, 0) is 74.1 Å². The van der Waals surface area contributed by atoms with Gasteiger partial charge in [0, 0.05) is 31.1 Å². The largest absolute Gasteiger partial charge is 0.436 e. The molecule has 0 aliphatic rings. The third-order valence-electron chi connectivity index (χ3n) is 9.14. The Morgan fingerprint density at radius 2 is 1.24 bits per heavy atom. The van der Waals surface area contributed by atoms with Crippen molar-refractivity contribution in [3.8, 4) is 33.5 Å². The van der Waals surface area contributed by atoms with Crippen molar-refractivity contribution in [3.63, 3.8) is 0 Å². The van der Waals surface area contributed by atoms with Crippen molar-refractivity contribution in [1.29, 1.82) is 0 Å². The molecule has 0 aliphatic heterocycles. The van der Waals surface area contributed by atoms with E-state index < -0.39 is 0 Å². The second kappa shape index (κ2) is 9.83. The van der Waals surface area contributed by atoms with Gasteiger partial charge in [-0.3, -0.25) is 0 Å². The Balaban J connectivity index is 1.08. The summed E-state index contributed by atoms with van der Waals surface area (Å²) in [6.45, 7) is 0. The zero-order valence-electron chi connectivity index (χ0n) is 24.6. The Morgan fingerprint density at radius 3 is 2.17 bits per heavy atom. The Bertz CT molecular complexity index is 2830. The molecule has 0 aliphatic carbocycles. The van der Waals surface area contributed by atoms with Crippen LogP contribution >= 0.6 is 11.3 Å². The van der Waals surface area contributed by atoms with Crippen molar-refractivity contribution >= 4 is 75.3 Å². The van der Waals surface area contributed by atoms with Crippen LogP contribution in [0.25, 0.3) is 97.4 Å².